The Balaban J connectivity index is 1.42. The molecule has 130 valence electrons. The van der Waals surface area contributed by atoms with Gasteiger partial charge >= 0.3 is 0 Å². The molecule has 5 aliphatic rings. The molecule has 4 bridgehead atoms. The first-order valence-corrected chi connectivity index (χ1v) is 9.47. The van der Waals surface area contributed by atoms with Crippen molar-refractivity contribution in [2.45, 2.75) is 76.2 Å². The zero-order chi connectivity index (χ0) is 16.7. The van der Waals surface area contributed by atoms with Gasteiger partial charge in [0.1, 0.15) is 5.82 Å². The van der Waals surface area contributed by atoms with Crippen molar-refractivity contribution in [3.8, 4) is 0 Å². The number of nitrogens with two attached hydrogens (primary N) is 1. The first-order chi connectivity index (χ1) is 11.4. The number of anilines is 1. The van der Waals surface area contributed by atoms with Crippen molar-refractivity contribution in [1.82, 2.24) is 9.78 Å². The van der Waals surface area contributed by atoms with Crippen LogP contribution in [0.2, 0.25) is 0 Å². The number of nitrogen functional groups attached to an aromatic ring is 1. The molecule has 5 heteroatoms. The summed E-state index contributed by atoms with van der Waals surface area (Å²) in [5.74, 6) is 2.24. The summed E-state index contributed by atoms with van der Waals surface area (Å²) < 4.78 is 1.46. The predicted octanol–water partition coefficient (Wildman–Crippen LogP) is 3.01. The zero-order valence-corrected chi connectivity index (χ0v) is 14.4. The van der Waals surface area contributed by atoms with E-state index in [4.69, 9.17) is 5.73 Å². The first kappa shape index (κ1) is 14.9. The van der Waals surface area contributed by atoms with Crippen molar-refractivity contribution < 1.29 is 9.90 Å². The van der Waals surface area contributed by atoms with Gasteiger partial charge in [0, 0.05) is 17.9 Å². The SMILES string of the molecule is Cc1c(C2CC2)nn(C(=O)CC23CC4CC(CC(O)(C4)C2)C3)c1N. The maximum atomic E-state index is 13.0. The second kappa shape index (κ2) is 4.63. The molecule has 0 saturated heterocycles. The minimum atomic E-state index is -0.519. The Morgan fingerprint density at radius 3 is 2.54 bits per heavy atom. The summed E-state index contributed by atoms with van der Waals surface area (Å²) in [5, 5.41) is 15.4. The maximum absolute atomic E-state index is 13.0. The van der Waals surface area contributed by atoms with Gasteiger partial charge in [-0.2, -0.15) is 9.78 Å². The van der Waals surface area contributed by atoms with E-state index in [0.717, 1.165) is 56.2 Å². The lowest BCUT2D eigenvalue weighted by atomic mass is 9.47. The number of rotatable bonds is 3. The van der Waals surface area contributed by atoms with E-state index in [9.17, 15) is 9.90 Å². The number of aromatic nitrogens is 2. The predicted molar refractivity (Wildman–Crippen MR) is 90.7 cm³/mol. The number of carbonyl (C=O) groups excluding carboxylic acids is 1. The van der Waals surface area contributed by atoms with Gasteiger partial charge in [-0.15, -0.1) is 0 Å². The topological polar surface area (TPSA) is 81.1 Å². The summed E-state index contributed by atoms with van der Waals surface area (Å²) in [7, 11) is 0. The molecule has 5 saturated carbocycles. The van der Waals surface area contributed by atoms with E-state index >= 15 is 0 Å². The molecule has 5 nitrogen and oxygen atoms in total. The molecule has 0 aromatic carbocycles. The minimum Gasteiger partial charge on any atom is -0.390 e. The van der Waals surface area contributed by atoms with Gasteiger partial charge in [-0.25, -0.2) is 0 Å². The van der Waals surface area contributed by atoms with Crippen molar-refractivity contribution in [2.24, 2.45) is 17.3 Å². The fourth-order valence-corrected chi connectivity index (χ4v) is 6.47. The van der Waals surface area contributed by atoms with Crippen molar-refractivity contribution in [3.63, 3.8) is 0 Å². The van der Waals surface area contributed by atoms with E-state index in [0.29, 0.717) is 30.0 Å². The van der Waals surface area contributed by atoms with Gasteiger partial charge in [0.2, 0.25) is 5.91 Å². The fraction of sp³-hybridized carbons (Fsp3) is 0.789. The smallest absolute Gasteiger partial charge is 0.249 e. The number of carbonyl (C=O) groups is 1. The summed E-state index contributed by atoms with van der Waals surface area (Å²) in [6, 6.07) is 0. The van der Waals surface area contributed by atoms with Crippen LogP contribution in [0.5, 0.6) is 0 Å². The normalized spacial score (nSPS) is 40.2. The highest BCUT2D eigenvalue weighted by Crippen LogP contribution is 2.62. The highest BCUT2D eigenvalue weighted by atomic mass is 16.3. The summed E-state index contributed by atoms with van der Waals surface area (Å²) in [5.41, 5.74) is 7.65. The number of nitrogens with zero attached hydrogens (tertiary/aromatic N) is 2. The Labute approximate surface area is 142 Å². The van der Waals surface area contributed by atoms with Gasteiger partial charge in [0.05, 0.1) is 11.3 Å². The molecule has 3 N–H and O–H groups in total. The minimum absolute atomic E-state index is 0.0213. The second-order valence-electron chi connectivity index (χ2n) is 9.34. The Morgan fingerprint density at radius 1 is 1.29 bits per heavy atom. The lowest BCUT2D eigenvalue weighted by Gasteiger charge is -2.60. The molecule has 24 heavy (non-hydrogen) atoms. The summed E-state index contributed by atoms with van der Waals surface area (Å²) in [6.07, 6.45) is 8.89. The Hall–Kier alpha value is -1.36. The molecular weight excluding hydrogens is 302 g/mol. The van der Waals surface area contributed by atoms with Crippen LogP contribution in [0.15, 0.2) is 0 Å². The standard InChI is InChI=1S/C19H27N3O2/c1-11-16(14-2-3-14)21-22(17(11)20)15(23)9-18-5-12-4-13(6-18)8-19(24,7-12)10-18/h12-14,24H,2-10,20H2,1H3. The Kier molecular flexibility index (Phi) is 2.88. The van der Waals surface area contributed by atoms with Crippen molar-refractivity contribution in [2.75, 3.05) is 5.73 Å². The van der Waals surface area contributed by atoms with Crippen LogP contribution in [0.4, 0.5) is 5.82 Å². The van der Waals surface area contributed by atoms with Crippen LogP contribution in [-0.4, -0.2) is 26.4 Å². The van der Waals surface area contributed by atoms with Gasteiger partial charge in [-0.05, 0) is 75.5 Å². The lowest BCUT2D eigenvalue weighted by Crippen LogP contribution is -2.56. The molecule has 0 amide bonds. The molecule has 1 heterocycles. The van der Waals surface area contributed by atoms with Crippen LogP contribution in [0.25, 0.3) is 0 Å². The van der Waals surface area contributed by atoms with Crippen molar-refractivity contribution in [1.29, 1.82) is 0 Å². The molecule has 5 aliphatic carbocycles. The largest absolute Gasteiger partial charge is 0.390 e. The fourth-order valence-electron chi connectivity index (χ4n) is 6.47. The summed E-state index contributed by atoms with van der Waals surface area (Å²) in [6.45, 7) is 1.98. The quantitative estimate of drug-likeness (QED) is 0.893. The van der Waals surface area contributed by atoms with Crippen molar-refractivity contribution >= 4 is 11.7 Å². The van der Waals surface area contributed by atoms with Gasteiger partial charge in [-0.3, -0.25) is 4.79 Å². The third kappa shape index (κ3) is 2.17. The second-order valence-corrected chi connectivity index (χ2v) is 9.34. The Bertz CT molecular complexity index is 704. The van der Waals surface area contributed by atoms with E-state index in [1.54, 1.807) is 0 Å². The number of aliphatic hydroxyl groups is 1. The summed E-state index contributed by atoms with van der Waals surface area (Å²) >= 11 is 0. The Morgan fingerprint density at radius 2 is 1.96 bits per heavy atom. The molecule has 5 fully saturated rings. The third-order valence-electron chi connectivity index (χ3n) is 7.08. The zero-order valence-electron chi connectivity index (χ0n) is 14.4. The van der Waals surface area contributed by atoms with Crippen LogP contribution in [0, 0.1) is 24.2 Å². The lowest BCUT2D eigenvalue weighted by molar-refractivity contribution is -0.162. The van der Waals surface area contributed by atoms with E-state index in [2.05, 4.69) is 5.10 Å². The van der Waals surface area contributed by atoms with Crippen LogP contribution in [0.3, 0.4) is 0 Å². The van der Waals surface area contributed by atoms with E-state index < -0.39 is 5.60 Å². The maximum Gasteiger partial charge on any atom is 0.249 e. The van der Waals surface area contributed by atoms with E-state index in [1.165, 1.54) is 11.1 Å². The van der Waals surface area contributed by atoms with Gasteiger partial charge < -0.3 is 10.8 Å². The molecule has 0 spiro atoms. The van der Waals surface area contributed by atoms with Gasteiger partial charge in [0.15, 0.2) is 0 Å². The average molecular weight is 329 g/mol. The van der Waals surface area contributed by atoms with Gasteiger partial charge in [-0.1, -0.05) is 0 Å². The molecule has 6 rings (SSSR count). The van der Waals surface area contributed by atoms with E-state index in [-0.39, 0.29) is 11.3 Å². The van der Waals surface area contributed by atoms with Crippen LogP contribution in [-0.2, 0) is 0 Å². The highest BCUT2D eigenvalue weighted by Gasteiger charge is 2.57. The van der Waals surface area contributed by atoms with Gasteiger partial charge in [0.25, 0.3) is 0 Å². The molecular formula is C19H27N3O2. The molecule has 0 radical (unpaired) electrons. The number of hydrogen-bond donors (Lipinski definition) is 2. The number of hydrogen-bond acceptors (Lipinski definition) is 4. The molecule has 1 aromatic rings. The molecule has 1 aromatic heterocycles. The molecule has 2 atom stereocenters. The molecule has 2 unspecified atom stereocenters. The first-order valence-electron chi connectivity index (χ1n) is 9.47. The monoisotopic (exact) mass is 329 g/mol. The summed E-state index contributed by atoms with van der Waals surface area (Å²) in [4.78, 5) is 13.0. The third-order valence-corrected chi connectivity index (χ3v) is 7.08. The van der Waals surface area contributed by atoms with Crippen molar-refractivity contribution in [3.05, 3.63) is 11.3 Å². The molecule has 0 aliphatic heterocycles. The average Bonchev–Trinajstić information content (AvgIpc) is 3.24. The van der Waals surface area contributed by atoms with E-state index in [1.807, 2.05) is 6.92 Å². The highest BCUT2D eigenvalue weighted by molar-refractivity contribution is 5.82. The van der Waals surface area contributed by atoms with Crippen LogP contribution < -0.4 is 5.73 Å². The van der Waals surface area contributed by atoms with Crippen LogP contribution in [0.1, 0.15) is 79.8 Å². The van der Waals surface area contributed by atoms with Crippen LogP contribution >= 0.6 is 0 Å².